The molecule has 1 N–H and O–H groups in total. The molecule has 1 aliphatic heterocycles. The van der Waals surface area contributed by atoms with E-state index in [9.17, 15) is 4.79 Å². The van der Waals surface area contributed by atoms with Crippen LogP contribution in [-0.2, 0) is 6.54 Å². The zero-order valence-corrected chi connectivity index (χ0v) is 19.6. The van der Waals surface area contributed by atoms with Crippen molar-refractivity contribution in [3.05, 3.63) is 77.6 Å². The largest absolute Gasteiger partial charge is 0.496 e. The molecule has 5 nitrogen and oxygen atoms in total. The predicted molar refractivity (Wildman–Crippen MR) is 134 cm³/mol. The minimum atomic E-state index is 0.0313. The molecule has 1 amide bonds. The Balaban J connectivity index is 1.73. The van der Waals surface area contributed by atoms with Crippen LogP contribution in [0.2, 0.25) is 0 Å². The Morgan fingerprint density at radius 2 is 1.67 bits per heavy atom. The predicted octanol–water partition coefficient (Wildman–Crippen LogP) is 5.77. The number of benzene rings is 2. The van der Waals surface area contributed by atoms with Crippen molar-refractivity contribution in [2.75, 3.05) is 25.1 Å². The highest BCUT2D eigenvalue weighted by atomic mass is 16.5. The summed E-state index contributed by atoms with van der Waals surface area (Å²) in [5.74, 6) is 0.921. The number of anilines is 1. The molecule has 0 atom stereocenters. The fraction of sp³-hybridized carbons (Fsp3) is 0.357. The van der Waals surface area contributed by atoms with Gasteiger partial charge in [-0.1, -0.05) is 31.4 Å². The van der Waals surface area contributed by atoms with E-state index < -0.39 is 0 Å². The van der Waals surface area contributed by atoms with Gasteiger partial charge in [0.15, 0.2) is 0 Å². The Kier molecular flexibility index (Phi) is 7.74. The molecule has 4 rings (SSSR count). The molecule has 0 saturated heterocycles. The van der Waals surface area contributed by atoms with Crippen LogP contribution in [-0.4, -0.2) is 31.1 Å². The fourth-order valence-corrected chi connectivity index (χ4v) is 4.48. The average molecular weight is 444 g/mol. The number of ether oxygens (including phenoxy) is 1. The van der Waals surface area contributed by atoms with Crippen LogP contribution >= 0.6 is 0 Å². The monoisotopic (exact) mass is 443 g/mol. The molecule has 0 fully saturated rings. The van der Waals surface area contributed by atoms with Gasteiger partial charge in [-0.25, -0.2) is 0 Å². The topological polar surface area (TPSA) is 54.5 Å². The first-order valence-electron chi connectivity index (χ1n) is 11.9. The van der Waals surface area contributed by atoms with E-state index in [1.807, 2.05) is 11.0 Å². The number of pyridine rings is 1. The molecule has 33 heavy (non-hydrogen) atoms. The summed E-state index contributed by atoms with van der Waals surface area (Å²) in [4.78, 5) is 19.5. The summed E-state index contributed by atoms with van der Waals surface area (Å²) in [5.41, 5.74) is 6.20. The third-order valence-electron chi connectivity index (χ3n) is 6.32. The minimum absolute atomic E-state index is 0.0313. The summed E-state index contributed by atoms with van der Waals surface area (Å²) >= 11 is 0. The summed E-state index contributed by atoms with van der Waals surface area (Å²) < 4.78 is 5.43. The normalized spacial score (nSPS) is 15.2. The Hall–Kier alpha value is -3.18. The summed E-state index contributed by atoms with van der Waals surface area (Å²) in [5, 5.41) is 3.60. The number of aryl methyl sites for hydroxylation is 1. The molecule has 1 aromatic heterocycles. The number of rotatable bonds is 3. The Labute approximate surface area is 196 Å². The molecule has 1 aliphatic rings. The Morgan fingerprint density at radius 3 is 2.45 bits per heavy atom. The zero-order chi connectivity index (χ0) is 23.0. The van der Waals surface area contributed by atoms with E-state index in [4.69, 9.17) is 4.74 Å². The van der Waals surface area contributed by atoms with Crippen LogP contribution in [0.4, 0.5) is 5.69 Å². The highest BCUT2D eigenvalue weighted by Gasteiger charge is 2.21. The number of nitrogens with zero attached hydrogens (tertiary/aromatic N) is 2. The smallest absolute Gasteiger partial charge is 0.258 e. The standard InChI is InChI=1S/C28H33N3O2/c1-21-18-23(9-11-27(21)33-2)24-8-10-26-25(19-24)20-30-14-6-4-3-5-7-17-31(26)28(32)22-12-15-29-16-13-22/h8-13,15-16,18-19,30H,3-7,14,17,20H2,1-2H3. The molecule has 0 aliphatic carbocycles. The third-order valence-corrected chi connectivity index (χ3v) is 6.32. The van der Waals surface area contributed by atoms with Gasteiger partial charge in [0.1, 0.15) is 5.75 Å². The first-order valence-corrected chi connectivity index (χ1v) is 11.9. The molecule has 0 spiro atoms. The van der Waals surface area contributed by atoms with Gasteiger partial charge in [-0.05, 0) is 85.0 Å². The molecule has 2 aromatic carbocycles. The van der Waals surface area contributed by atoms with Crippen LogP contribution in [0.15, 0.2) is 60.9 Å². The number of carbonyl (C=O) groups is 1. The van der Waals surface area contributed by atoms with Crippen LogP contribution in [0.1, 0.15) is 53.6 Å². The van der Waals surface area contributed by atoms with Gasteiger partial charge < -0.3 is 15.0 Å². The van der Waals surface area contributed by atoms with Crippen molar-refractivity contribution < 1.29 is 9.53 Å². The second kappa shape index (κ2) is 11.1. The first kappa shape index (κ1) is 23.0. The molecule has 3 aromatic rings. The van der Waals surface area contributed by atoms with Crippen LogP contribution in [0, 0.1) is 6.92 Å². The van der Waals surface area contributed by atoms with E-state index in [1.54, 1.807) is 31.6 Å². The number of hydrogen-bond donors (Lipinski definition) is 1. The lowest BCUT2D eigenvalue weighted by Gasteiger charge is -2.27. The second-order valence-electron chi connectivity index (χ2n) is 8.67. The quantitative estimate of drug-likeness (QED) is 0.559. The molecular weight excluding hydrogens is 410 g/mol. The maximum atomic E-state index is 13.5. The van der Waals surface area contributed by atoms with E-state index in [1.165, 1.54) is 19.3 Å². The second-order valence-corrected chi connectivity index (χ2v) is 8.67. The van der Waals surface area contributed by atoms with E-state index in [0.29, 0.717) is 5.56 Å². The lowest BCUT2D eigenvalue weighted by atomic mass is 9.98. The van der Waals surface area contributed by atoms with Crippen molar-refractivity contribution in [1.29, 1.82) is 0 Å². The maximum absolute atomic E-state index is 13.5. The van der Waals surface area contributed by atoms with Crippen molar-refractivity contribution >= 4 is 11.6 Å². The number of carbonyl (C=O) groups excluding carboxylic acids is 1. The van der Waals surface area contributed by atoms with Crippen LogP contribution in [0.5, 0.6) is 5.75 Å². The van der Waals surface area contributed by atoms with Gasteiger partial charge >= 0.3 is 0 Å². The van der Waals surface area contributed by atoms with Gasteiger partial charge in [0.05, 0.1) is 7.11 Å². The average Bonchev–Trinajstić information content (AvgIpc) is 2.84. The van der Waals surface area contributed by atoms with E-state index in [0.717, 1.165) is 66.2 Å². The summed E-state index contributed by atoms with van der Waals surface area (Å²) in [6.45, 7) is 4.50. The van der Waals surface area contributed by atoms with Crippen molar-refractivity contribution in [2.24, 2.45) is 0 Å². The molecule has 0 unspecified atom stereocenters. The van der Waals surface area contributed by atoms with Crippen molar-refractivity contribution in [3.63, 3.8) is 0 Å². The molecule has 172 valence electrons. The van der Waals surface area contributed by atoms with E-state index in [2.05, 4.69) is 47.6 Å². The number of amides is 1. The number of methoxy groups -OCH3 is 1. The van der Waals surface area contributed by atoms with Gasteiger partial charge in [-0.2, -0.15) is 0 Å². The third kappa shape index (κ3) is 5.60. The maximum Gasteiger partial charge on any atom is 0.258 e. The van der Waals surface area contributed by atoms with E-state index >= 15 is 0 Å². The van der Waals surface area contributed by atoms with Crippen molar-refractivity contribution in [2.45, 2.75) is 45.6 Å². The Bertz CT molecular complexity index is 1080. The number of hydrogen-bond acceptors (Lipinski definition) is 4. The molecule has 0 bridgehead atoms. The van der Waals surface area contributed by atoms with Gasteiger partial charge in [0.2, 0.25) is 0 Å². The van der Waals surface area contributed by atoms with Crippen LogP contribution in [0.25, 0.3) is 11.1 Å². The van der Waals surface area contributed by atoms with Gasteiger partial charge in [0, 0.05) is 36.7 Å². The van der Waals surface area contributed by atoms with Crippen molar-refractivity contribution in [3.8, 4) is 16.9 Å². The minimum Gasteiger partial charge on any atom is -0.496 e. The van der Waals surface area contributed by atoms with Gasteiger partial charge in [0.25, 0.3) is 5.91 Å². The van der Waals surface area contributed by atoms with Gasteiger partial charge in [-0.3, -0.25) is 9.78 Å². The number of nitrogens with one attached hydrogen (secondary N) is 1. The summed E-state index contributed by atoms with van der Waals surface area (Å²) in [7, 11) is 1.70. The number of aromatic nitrogens is 1. The summed E-state index contributed by atoms with van der Waals surface area (Å²) in [6.07, 6.45) is 9.13. The lowest BCUT2D eigenvalue weighted by Crippen LogP contribution is -2.33. The fourth-order valence-electron chi connectivity index (χ4n) is 4.48. The molecule has 5 heteroatoms. The molecule has 2 heterocycles. The zero-order valence-electron chi connectivity index (χ0n) is 19.6. The molecule has 0 radical (unpaired) electrons. The van der Waals surface area contributed by atoms with E-state index in [-0.39, 0.29) is 5.91 Å². The van der Waals surface area contributed by atoms with Crippen LogP contribution in [0.3, 0.4) is 0 Å². The van der Waals surface area contributed by atoms with Gasteiger partial charge in [-0.15, -0.1) is 0 Å². The summed E-state index contributed by atoms with van der Waals surface area (Å²) in [6, 6.07) is 16.3. The highest BCUT2D eigenvalue weighted by Crippen LogP contribution is 2.31. The SMILES string of the molecule is COc1ccc(-c2ccc3c(c2)CNCCCCCCCN3C(=O)c2ccncc2)cc1C. The molecule has 0 saturated carbocycles. The van der Waals surface area contributed by atoms with Crippen molar-refractivity contribution in [1.82, 2.24) is 10.3 Å². The highest BCUT2D eigenvalue weighted by molar-refractivity contribution is 6.06. The number of fused-ring (bicyclic) bond motifs is 1. The van der Waals surface area contributed by atoms with Crippen LogP contribution < -0.4 is 15.0 Å². The first-order chi connectivity index (χ1) is 16.2. The molecular formula is C28H33N3O2. The Morgan fingerprint density at radius 1 is 0.939 bits per heavy atom. The lowest BCUT2D eigenvalue weighted by molar-refractivity contribution is 0.0986.